The van der Waals surface area contributed by atoms with Crippen molar-refractivity contribution < 1.29 is 9.15 Å². The topological polar surface area (TPSA) is 119 Å². The van der Waals surface area contributed by atoms with E-state index < -0.39 is 5.76 Å². The van der Waals surface area contributed by atoms with Gasteiger partial charge in [-0.15, -0.1) is 0 Å². The molecule has 0 radical (unpaired) electrons. The van der Waals surface area contributed by atoms with E-state index in [9.17, 15) is 4.79 Å². The number of nitrogens with zero attached hydrogens (tertiary/aromatic N) is 2. The third kappa shape index (κ3) is 3.08. The van der Waals surface area contributed by atoms with Gasteiger partial charge in [-0.3, -0.25) is 4.98 Å². The summed E-state index contributed by atoms with van der Waals surface area (Å²) in [4.78, 5) is 22.7. The van der Waals surface area contributed by atoms with Crippen LogP contribution in [0.5, 0.6) is 5.75 Å². The number of rotatable bonds is 4. The van der Waals surface area contributed by atoms with Crippen LogP contribution >= 0.6 is 0 Å². The number of oxazole rings is 1. The number of benzene rings is 2. The van der Waals surface area contributed by atoms with Crippen LogP contribution < -0.4 is 21.5 Å². The molecule has 0 saturated carbocycles. The van der Waals surface area contributed by atoms with Crippen molar-refractivity contribution in [2.45, 2.75) is 6.92 Å². The first kappa shape index (κ1) is 16.6. The van der Waals surface area contributed by atoms with Gasteiger partial charge in [-0.25, -0.2) is 9.78 Å². The van der Waals surface area contributed by atoms with Gasteiger partial charge in [0.1, 0.15) is 11.6 Å². The Morgan fingerprint density at radius 3 is 2.81 bits per heavy atom. The number of anilines is 3. The molecule has 0 unspecified atom stereocenters. The van der Waals surface area contributed by atoms with Crippen molar-refractivity contribution in [2.75, 3.05) is 18.2 Å². The second-order valence-corrected chi connectivity index (χ2v) is 5.95. The molecule has 0 bridgehead atoms. The quantitative estimate of drug-likeness (QED) is 0.509. The zero-order chi connectivity index (χ0) is 19.0. The maximum atomic E-state index is 11.3. The normalized spacial score (nSPS) is 10.9. The average Bonchev–Trinajstić information content (AvgIpc) is 3.03. The number of nitrogens with one attached hydrogen (secondary N) is 2. The third-order valence-electron chi connectivity index (χ3n) is 4.21. The van der Waals surface area contributed by atoms with Gasteiger partial charge in [-0.2, -0.15) is 4.98 Å². The Balaban J connectivity index is 1.78. The van der Waals surface area contributed by atoms with Crippen molar-refractivity contribution in [2.24, 2.45) is 0 Å². The minimum absolute atomic E-state index is 0.141. The molecule has 0 fully saturated rings. The van der Waals surface area contributed by atoms with Crippen LogP contribution in [-0.2, 0) is 0 Å². The number of fused-ring (bicyclic) bond motifs is 1. The number of hydrogen-bond donors (Lipinski definition) is 3. The van der Waals surface area contributed by atoms with E-state index in [2.05, 4.69) is 20.3 Å². The molecule has 2 heterocycles. The van der Waals surface area contributed by atoms with Crippen LogP contribution in [0.2, 0.25) is 0 Å². The number of nitrogen functional groups attached to an aromatic ring is 1. The Labute approximate surface area is 154 Å². The molecule has 0 saturated heterocycles. The maximum Gasteiger partial charge on any atom is 0.417 e. The standard InChI is InChI=1S/C19H17N5O3/c1-10-16(12-5-3-4-6-14(12)26-2)23-18(20)24-17(10)21-11-7-8-15-13(9-11)22-19(25)27-15/h3-9H,1-2H3,(H,22,25)(H3,20,21,23,24). The van der Waals surface area contributed by atoms with Gasteiger partial charge >= 0.3 is 5.76 Å². The van der Waals surface area contributed by atoms with E-state index in [1.165, 1.54) is 0 Å². The van der Waals surface area contributed by atoms with Gasteiger partial charge in [0, 0.05) is 16.8 Å². The predicted octanol–water partition coefficient (Wildman–Crippen LogP) is 3.22. The zero-order valence-corrected chi connectivity index (χ0v) is 14.7. The summed E-state index contributed by atoms with van der Waals surface area (Å²) in [6.07, 6.45) is 0. The number of methoxy groups -OCH3 is 1. The van der Waals surface area contributed by atoms with Crippen molar-refractivity contribution >= 4 is 28.6 Å². The summed E-state index contributed by atoms with van der Waals surface area (Å²) in [6, 6.07) is 12.8. The lowest BCUT2D eigenvalue weighted by Gasteiger charge is -2.14. The highest BCUT2D eigenvalue weighted by Crippen LogP contribution is 2.34. The monoisotopic (exact) mass is 363 g/mol. The first-order valence-corrected chi connectivity index (χ1v) is 8.22. The van der Waals surface area contributed by atoms with Gasteiger partial charge in [-0.1, -0.05) is 12.1 Å². The highest BCUT2D eigenvalue weighted by molar-refractivity contribution is 5.80. The van der Waals surface area contributed by atoms with Crippen LogP contribution in [-0.4, -0.2) is 22.1 Å². The molecule has 136 valence electrons. The molecule has 0 spiro atoms. The summed E-state index contributed by atoms with van der Waals surface area (Å²) >= 11 is 0. The fourth-order valence-corrected chi connectivity index (χ4v) is 2.92. The minimum atomic E-state index is -0.497. The summed E-state index contributed by atoms with van der Waals surface area (Å²) in [7, 11) is 1.61. The van der Waals surface area contributed by atoms with Crippen molar-refractivity contribution in [1.29, 1.82) is 0 Å². The van der Waals surface area contributed by atoms with E-state index in [1.807, 2.05) is 31.2 Å². The molecule has 0 aliphatic heterocycles. The molecule has 27 heavy (non-hydrogen) atoms. The predicted molar refractivity (Wildman–Crippen MR) is 103 cm³/mol. The van der Waals surface area contributed by atoms with Crippen LogP contribution in [0.15, 0.2) is 51.7 Å². The molecule has 4 aromatic rings. The Bertz CT molecular complexity index is 1200. The summed E-state index contributed by atoms with van der Waals surface area (Å²) in [5, 5.41) is 3.23. The fourth-order valence-electron chi connectivity index (χ4n) is 2.92. The van der Waals surface area contributed by atoms with Gasteiger partial charge in [0.15, 0.2) is 5.58 Å². The molecule has 4 N–H and O–H groups in total. The number of aromatic nitrogens is 3. The van der Waals surface area contributed by atoms with E-state index in [0.29, 0.717) is 28.4 Å². The first-order chi connectivity index (χ1) is 13.0. The maximum absolute atomic E-state index is 11.3. The SMILES string of the molecule is COc1ccccc1-c1nc(N)nc(Nc2ccc3oc(=O)[nH]c3c2)c1C. The number of para-hydroxylation sites is 1. The lowest BCUT2D eigenvalue weighted by Crippen LogP contribution is -2.05. The van der Waals surface area contributed by atoms with Crippen molar-refractivity contribution in [3.8, 4) is 17.0 Å². The van der Waals surface area contributed by atoms with E-state index >= 15 is 0 Å². The molecule has 2 aromatic carbocycles. The Hall–Kier alpha value is -3.81. The number of aromatic amines is 1. The lowest BCUT2D eigenvalue weighted by molar-refractivity contribution is 0.416. The lowest BCUT2D eigenvalue weighted by atomic mass is 10.1. The summed E-state index contributed by atoms with van der Waals surface area (Å²) < 4.78 is 10.5. The molecule has 0 aliphatic rings. The molecule has 0 aliphatic carbocycles. The molecule has 0 amide bonds. The number of ether oxygens (including phenoxy) is 1. The highest BCUT2D eigenvalue weighted by atomic mass is 16.5. The zero-order valence-electron chi connectivity index (χ0n) is 14.7. The molecule has 2 aromatic heterocycles. The molecule has 0 atom stereocenters. The summed E-state index contributed by atoms with van der Waals surface area (Å²) in [5.41, 5.74) is 10.1. The largest absolute Gasteiger partial charge is 0.496 e. The van der Waals surface area contributed by atoms with Crippen LogP contribution in [0.3, 0.4) is 0 Å². The van der Waals surface area contributed by atoms with Crippen LogP contribution in [0, 0.1) is 6.92 Å². The van der Waals surface area contributed by atoms with Crippen LogP contribution in [0.25, 0.3) is 22.4 Å². The van der Waals surface area contributed by atoms with Crippen LogP contribution in [0.4, 0.5) is 17.5 Å². The smallest absolute Gasteiger partial charge is 0.417 e. The Morgan fingerprint density at radius 2 is 2.00 bits per heavy atom. The summed E-state index contributed by atoms with van der Waals surface area (Å²) in [5.74, 6) is 0.903. The van der Waals surface area contributed by atoms with Gasteiger partial charge < -0.3 is 20.2 Å². The Morgan fingerprint density at radius 1 is 1.19 bits per heavy atom. The van der Waals surface area contributed by atoms with Crippen molar-refractivity contribution in [1.82, 2.24) is 15.0 Å². The van der Waals surface area contributed by atoms with E-state index in [0.717, 1.165) is 16.8 Å². The Kier molecular flexibility index (Phi) is 4.00. The second-order valence-electron chi connectivity index (χ2n) is 5.95. The van der Waals surface area contributed by atoms with Gasteiger partial charge in [0.2, 0.25) is 5.95 Å². The average molecular weight is 363 g/mol. The third-order valence-corrected chi connectivity index (χ3v) is 4.21. The molecular formula is C19H17N5O3. The van der Waals surface area contributed by atoms with Crippen LogP contribution in [0.1, 0.15) is 5.56 Å². The second kappa shape index (κ2) is 6.49. The molecular weight excluding hydrogens is 346 g/mol. The van der Waals surface area contributed by atoms with E-state index in [-0.39, 0.29) is 5.95 Å². The molecule has 8 heteroatoms. The van der Waals surface area contributed by atoms with Gasteiger partial charge in [0.25, 0.3) is 0 Å². The van der Waals surface area contributed by atoms with Gasteiger partial charge in [-0.05, 0) is 37.3 Å². The van der Waals surface area contributed by atoms with Gasteiger partial charge in [0.05, 0.1) is 18.3 Å². The van der Waals surface area contributed by atoms with E-state index in [4.69, 9.17) is 14.9 Å². The van der Waals surface area contributed by atoms with Crippen molar-refractivity contribution in [3.05, 3.63) is 58.6 Å². The highest BCUT2D eigenvalue weighted by Gasteiger charge is 2.15. The number of hydrogen-bond acceptors (Lipinski definition) is 7. The molecule has 4 rings (SSSR count). The van der Waals surface area contributed by atoms with E-state index in [1.54, 1.807) is 25.3 Å². The summed E-state index contributed by atoms with van der Waals surface area (Å²) in [6.45, 7) is 1.90. The number of nitrogens with two attached hydrogens (primary N) is 1. The van der Waals surface area contributed by atoms with Crippen molar-refractivity contribution in [3.63, 3.8) is 0 Å². The molecule has 8 nitrogen and oxygen atoms in total. The first-order valence-electron chi connectivity index (χ1n) is 8.22. The minimum Gasteiger partial charge on any atom is -0.496 e. The number of H-pyrrole nitrogens is 1. The fraction of sp³-hybridized carbons (Fsp3) is 0.105.